The predicted octanol–water partition coefficient (Wildman–Crippen LogP) is 5.80. The normalized spacial score (nSPS) is 23.0. The summed E-state index contributed by atoms with van der Waals surface area (Å²) in [5.41, 5.74) is 4.29. The van der Waals surface area contributed by atoms with Crippen LogP contribution in [-0.2, 0) is 9.59 Å². The van der Waals surface area contributed by atoms with Crippen LogP contribution in [0.1, 0.15) is 114 Å². The lowest BCUT2D eigenvalue weighted by Gasteiger charge is -2.53. The number of imide groups is 2. The van der Waals surface area contributed by atoms with Gasteiger partial charge in [0.2, 0.25) is 11.8 Å². The van der Waals surface area contributed by atoms with E-state index < -0.39 is 23.8 Å². The molecule has 3 aromatic heterocycles. The molecule has 5 aliphatic rings. The number of nitrogens with one attached hydrogen (secondary N) is 3. The number of hydrogen-bond donors (Lipinski definition) is 3. The minimum atomic E-state index is -0.974. The number of nitrogens with zero attached hydrogens (tertiary/aromatic N) is 6. The van der Waals surface area contributed by atoms with Crippen LogP contribution in [0.2, 0.25) is 0 Å². The van der Waals surface area contributed by atoms with Gasteiger partial charge >= 0.3 is 0 Å². The molecule has 5 amide bonds. The average Bonchev–Trinajstić information content (AvgIpc) is 3.95. The van der Waals surface area contributed by atoms with Crippen LogP contribution in [0.25, 0.3) is 16.7 Å². The number of fused-ring (bicyclic) bond motifs is 3. The number of aromatic nitrogens is 4. The number of benzene rings is 2. The van der Waals surface area contributed by atoms with Gasteiger partial charge in [-0.3, -0.25) is 34.2 Å². The van der Waals surface area contributed by atoms with E-state index in [0.717, 1.165) is 62.5 Å². The van der Waals surface area contributed by atoms with Crippen molar-refractivity contribution in [3.63, 3.8) is 0 Å². The van der Waals surface area contributed by atoms with Crippen molar-refractivity contribution in [3.05, 3.63) is 77.6 Å². The zero-order chi connectivity index (χ0) is 41.8. The molecular weight excluding hydrogens is 779 g/mol. The molecule has 2 aliphatic carbocycles. The number of carbonyl (C=O) groups is 5. The number of oxazole rings is 1. The van der Waals surface area contributed by atoms with Crippen LogP contribution < -0.4 is 20.7 Å². The van der Waals surface area contributed by atoms with E-state index >= 15 is 0 Å². The minimum Gasteiger partial charge on any atom is -0.494 e. The molecule has 3 aliphatic heterocycles. The highest BCUT2D eigenvalue weighted by Gasteiger charge is 2.47. The van der Waals surface area contributed by atoms with E-state index in [-0.39, 0.29) is 30.6 Å². The van der Waals surface area contributed by atoms with Crippen LogP contribution in [0.5, 0.6) is 5.75 Å². The van der Waals surface area contributed by atoms with Crippen LogP contribution in [-0.4, -0.2) is 98.2 Å². The summed E-state index contributed by atoms with van der Waals surface area (Å²) in [4.78, 5) is 76.9. The molecule has 1 spiro atoms. The van der Waals surface area contributed by atoms with E-state index in [0.29, 0.717) is 74.4 Å². The zero-order valence-corrected chi connectivity index (χ0v) is 34.2. The van der Waals surface area contributed by atoms with Crippen molar-refractivity contribution in [3.8, 4) is 5.75 Å². The van der Waals surface area contributed by atoms with Crippen LogP contribution in [0.3, 0.4) is 0 Å². The Morgan fingerprint density at radius 2 is 1.80 bits per heavy atom. The number of anilines is 2. The molecule has 0 radical (unpaired) electrons. The van der Waals surface area contributed by atoms with E-state index in [2.05, 4.69) is 30.9 Å². The maximum atomic E-state index is 13.5. The third-order valence-electron chi connectivity index (χ3n) is 13.9. The van der Waals surface area contributed by atoms with E-state index in [1.54, 1.807) is 48.3 Å². The van der Waals surface area contributed by atoms with Gasteiger partial charge in [-0.25, -0.2) is 14.5 Å². The predicted molar refractivity (Wildman–Crippen MR) is 223 cm³/mol. The summed E-state index contributed by atoms with van der Waals surface area (Å²) in [6, 6.07) is 9.58. The minimum absolute atomic E-state index is 0.0946. The number of ether oxygens (including phenoxy) is 1. The fourth-order valence-electron chi connectivity index (χ4n) is 10.6. The van der Waals surface area contributed by atoms with E-state index in [9.17, 15) is 24.0 Å². The molecule has 16 nitrogen and oxygen atoms in total. The van der Waals surface area contributed by atoms with Gasteiger partial charge in [0.15, 0.2) is 17.1 Å². The Morgan fingerprint density at radius 3 is 2.59 bits per heavy atom. The van der Waals surface area contributed by atoms with Crippen molar-refractivity contribution in [2.75, 3.05) is 43.9 Å². The smallest absolute Gasteiger partial charge is 0.264 e. The lowest BCUT2D eigenvalue weighted by molar-refractivity contribution is -0.136. The second kappa shape index (κ2) is 15.7. The molecule has 5 aromatic rings. The Balaban J connectivity index is 0.670. The first-order valence-corrected chi connectivity index (χ1v) is 21.5. The number of hydrogen-bond acceptors (Lipinski definition) is 12. The van der Waals surface area contributed by atoms with E-state index in [4.69, 9.17) is 14.1 Å². The molecule has 316 valence electrons. The molecule has 1 unspecified atom stereocenters. The quantitative estimate of drug-likeness (QED) is 0.136. The van der Waals surface area contributed by atoms with Crippen molar-refractivity contribution in [1.29, 1.82) is 0 Å². The monoisotopic (exact) mass is 827 g/mol. The summed E-state index contributed by atoms with van der Waals surface area (Å²) in [5.74, 6) is 0.476. The molecule has 4 fully saturated rings. The average molecular weight is 828 g/mol. The summed E-state index contributed by atoms with van der Waals surface area (Å²) in [6.45, 7) is 4.11. The molecule has 0 bridgehead atoms. The maximum absolute atomic E-state index is 13.5. The van der Waals surface area contributed by atoms with Crippen molar-refractivity contribution in [2.45, 2.75) is 82.6 Å². The van der Waals surface area contributed by atoms with Gasteiger partial charge in [-0.05, 0) is 113 Å². The first-order valence-electron chi connectivity index (χ1n) is 21.5. The fourth-order valence-corrected chi connectivity index (χ4v) is 10.6. The van der Waals surface area contributed by atoms with Crippen molar-refractivity contribution >= 4 is 57.7 Å². The highest BCUT2D eigenvalue weighted by molar-refractivity contribution is 6.25. The Hall–Kier alpha value is -6.16. The van der Waals surface area contributed by atoms with Gasteiger partial charge in [-0.1, -0.05) is 6.07 Å². The summed E-state index contributed by atoms with van der Waals surface area (Å²) in [6.07, 6.45) is 15.3. The molecule has 6 heterocycles. The Kier molecular flexibility index (Phi) is 10.0. The maximum Gasteiger partial charge on any atom is 0.264 e. The van der Waals surface area contributed by atoms with Crippen LogP contribution >= 0.6 is 0 Å². The van der Waals surface area contributed by atoms with Gasteiger partial charge in [0.05, 0.1) is 30.1 Å². The van der Waals surface area contributed by atoms with Crippen molar-refractivity contribution < 1.29 is 33.1 Å². The van der Waals surface area contributed by atoms with Gasteiger partial charge in [0, 0.05) is 55.6 Å². The fraction of sp³-hybridized carbons (Fsp3) is 0.467. The standard InChI is InChI=1S/C45H49N9O7/c1-60-35-20-33-36(21-32(35)49-40(56)30-24-48-53-17-3-15-47-39(30)53)61-42(50-33)28-8-6-26(7-9-28)25-52-18-13-45(14-19-52)22-27(23-45)12-16-46-31-5-2-4-29-38(31)44(59)54(43(29)58)34-10-11-37(55)51-41(34)57/h2-5,15,17,20-21,24,26-28,34,46H,6-14,16,18-19,22-23,25H2,1H3,(H,49,56)(H,51,55,57). The summed E-state index contributed by atoms with van der Waals surface area (Å²) in [5, 5.41) is 12.8. The molecule has 1 atom stereocenters. The molecule has 61 heavy (non-hydrogen) atoms. The Bertz CT molecular complexity index is 2560. The van der Waals surface area contributed by atoms with E-state index in [1.165, 1.54) is 31.9 Å². The third-order valence-corrected chi connectivity index (χ3v) is 13.9. The number of piperidine rings is 2. The topological polar surface area (TPSA) is 193 Å². The first-order chi connectivity index (χ1) is 29.6. The molecule has 10 rings (SSSR count). The van der Waals surface area contributed by atoms with Gasteiger partial charge in [-0.2, -0.15) is 5.10 Å². The number of rotatable bonds is 11. The van der Waals surface area contributed by atoms with Crippen molar-refractivity contribution in [1.82, 2.24) is 34.7 Å². The van der Waals surface area contributed by atoms with Crippen LogP contribution in [0.4, 0.5) is 11.4 Å². The highest BCUT2D eigenvalue weighted by atomic mass is 16.5. The largest absolute Gasteiger partial charge is 0.494 e. The summed E-state index contributed by atoms with van der Waals surface area (Å²) < 4.78 is 13.5. The number of amides is 5. The molecule has 2 saturated carbocycles. The van der Waals surface area contributed by atoms with Crippen LogP contribution in [0, 0.1) is 17.3 Å². The van der Waals surface area contributed by atoms with Gasteiger partial charge in [-0.15, -0.1) is 0 Å². The summed E-state index contributed by atoms with van der Waals surface area (Å²) >= 11 is 0. The van der Waals surface area contributed by atoms with E-state index in [1.807, 2.05) is 12.1 Å². The molecule has 16 heteroatoms. The third kappa shape index (κ3) is 7.29. The Labute approximate surface area is 351 Å². The molecule has 2 saturated heterocycles. The second-order valence-corrected chi connectivity index (χ2v) is 17.7. The molecule has 3 N–H and O–H groups in total. The first kappa shape index (κ1) is 39.0. The summed E-state index contributed by atoms with van der Waals surface area (Å²) in [7, 11) is 1.57. The highest BCUT2D eigenvalue weighted by Crippen LogP contribution is 2.54. The zero-order valence-electron chi connectivity index (χ0n) is 34.2. The molecular formula is C45H49N9O7. The number of carbonyl (C=O) groups excluding carboxylic acids is 5. The second-order valence-electron chi connectivity index (χ2n) is 17.7. The van der Waals surface area contributed by atoms with Crippen molar-refractivity contribution in [2.24, 2.45) is 17.3 Å². The van der Waals surface area contributed by atoms with Gasteiger partial charge in [0.25, 0.3) is 17.7 Å². The van der Waals surface area contributed by atoms with Gasteiger partial charge in [0.1, 0.15) is 22.9 Å². The lowest BCUT2D eigenvalue weighted by Crippen LogP contribution is -2.54. The Morgan fingerprint density at radius 1 is 0.984 bits per heavy atom. The SMILES string of the molecule is COc1cc2nc(C3CCC(CN4CCC5(CC4)CC(CCNc4cccc6c4C(=O)N(C4CCC(=O)NC4=O)C6=O)C5)CC3)oc2cc1NC(=O)c1cnn2cccnc12. The number of methoxy groups -OCH3 is 1. The van der Waals surface area contributed by atoms with Gasteiger partial charge < -0.3 is 24.7 Å². The van der Waals surface area contributed by atoms with Crippen LogP contribution in [0.15, 0.2) is 59.4 Å². The lowest BCUT2D eigenvalue weighted by atomic mass is 9.57. The number of likely N-dealkylation sites (tertiary alicyclic amines) is 1. The molecule has 2 aromatic carbocycles.